The number of benzene rings is 1. The summed E-state index contributed by atoms with van der Waals surface area (Å²) in [4.78, 5) is 23.0. The Balaban J connectivity index is 0.00000180. The molecule has 2 aromatic rings. The third kappa shape index (κ3) is 3.89. The molecule has 0 atom stereocenters. The monoisotopic (exact) mass is 277 g/mol. The quantitative estimate of drug-likeness (QED) is 0.535. The summed E-state index contributed by atoms with van der Waals surface area (Å²) >= 11 is 0. The Morgan fingerprint density at radius 3 is 2.37 bits per heavy atom. The number of ether oxygens (including phenoxy) is 1. The molecule has 0 fully saturated rings. The van der Waals surface area contributed by atoms with E-state index in [1.165, 1.54) is 23.9 Å². The van der Waals surface area contributed by atoms with Crippen LogP contribution in [-0.4, -0.2) is 11.9 Å². The lowest BCUT2D eigenvalue weighted by atomic mass is 10.2. The zero-order chi connectivity index (χ0) is 13.0. The second kappa shape index (κ2) is 6.66. The van der Waals surface area contributed by atoms with Gasteiger partial charge in [-0.25, -0.2) is 0 Å². The first kappa shape index (κ1) is 14.9. The van der Waals surface area contributed by atoms with Crippen molar-refractivity contribution >= 4 is 11.9 Å². The van der Waals surface area contributed by atoms with Crippen LogP contribution in [0.1, 0.15) is 17.3 Å². The van der Waals surface area contributed by atoms with Crippen LogP contribution in [0.2, 0.25) is 0 Å². The lowest BCUT2D eigenvalue weighted by Gasteiger charge is -1.99. The standard InChI is InChI=1S/C14H12NO3.ClH/c1-11(16)12-6-5-9-15(10-12)14(17)18-13-7-3-2-4-8-13;/h2-10H,1H3;1H/q+1;/p-1. The van der Waals surface area contributed by atoms with Crippen molar-refractivity contribution in [2.24, 2.45) is 0 Å². The van der Waals surface area contributed by atoms with Crippen molar-refractivity contribution in [1.29, 1.82) is 0 Å². The number of carbonyl (C=O) groups excluding carboxylic acids is 2. The maximum absolute atomic E-state index is 11.8. The Hall–Kier alpha value is -2.20. The molecule has 0 unspecified atom stereocenters. The van der Waals surface area contributed by atoms with Crippen LogP contribution in [0.4, 0.5) is 4.79 Å². The Morgan fingerprint density at radius 2 is 1.74 bits per heavy atom. The maximum atomic E-state index is 11.8. The largest absolute Gasteiger partial charge is 1.00 e. The number of ketones is 1. The van der Waals surface area contributed by atoms with E-state index < -0.39 is 6.09 Å². The van der Waals surface area contributed by atoms with Crippen molar-refractivity contribution in [3.05, 3.63) is 60.4 Å². The highest BCUT2D eigenvalue weighted by atomic mass is 35.5. The molecule has 0 saturated carbocycles. The summed E-state index contributed by atoms with van der Waals surface area (Å²) in [5.74, 6) is 0.361. The number of carbonyl (C=O) groups is 2. The molecule has 0 aliphatic heterocycles. The molecule has 98 valence electrons. The molecular weight excluding hydrogens is 266 g/mol. The van der Waals surface area contributed by atoms with Crippen LogP contribution in [-0.2, 0) is 0 Å². The molecule has 5 heteroatoms. The first-order valence-electron chi connectivity index (χ1n) is 5.46. The minimum absolute atomic E-state index is 0. The molecule has 19 heavy (non-hydrogen) atoms. The van der Waals surface area contributed by atoms with E-state index in [0.29, 0.717) is 11.3 Å². The average molecular weight is 278 g/mol. The lowest BCUT2D eigenvalue weighted by Crippen LogP contribution is -3.00. The molecule has 0 radical (unpaired) electrons. The summed E-state index contributed by atoms with van der Waals surface area (Å²) in [6.45, 7) is 1.45. The van der Waals surface area contributed by atoms with E-state index >= 15 is 0 Å². The highest BCUT2D eigenvalue weighted by molar-refractivity contribution is 5.93. The van der Waals surface area contributed by atoms with Crippen molar-refractivity contribution < 1.29 is 31.3 Å². The number of para-hydroxylation sites is 1. The third-order valence-corrected chi connectivity index (χ3v) is 2.37. The van der Waals surface area contributed by atoms with E-state index in [-0.39, 0.29) is 18.2 Å². The van der Waals surface area contributed by atoms with E-state index in [4.69, 9.17) is 4.74 Å². The number of hydrogen-bond acceptors (Lipinski definition) is 3. The van der Waals surface area contributed by atoms with E-state index in [0.717, 1.165) is 0 Å². The first-order valence-corrected chi connectivity index (χ1v) is 5.46. The maximum Gasteiger partial charge on any atom is 0.607 e. The highest BCUT2D eigenvalue weighted by Gasteiger charge is 2.18. The van der Waals surface area contributed by atoms with Crippen LogP contribution in [0.25, 0.3) is 0 Å². The molecule has 0 spiro atoms. The molecule has 1 aromatic heterocycles. The molecule has 1 aromatic carbocycles. The van der Waals surface area contributed by atoms with Crippen LogP contribution < -0.4 is 21.7 Å². The first-order chi connectivity index (χ1) is 8.66. The number of rotatable bonds is 2. The molecule has 0 amide bonds. The number of pyridine rings is 1. The average Bonchev–Trinajstić information content (AvgIpc) is 2.40. The van der Waals surface area contributed by atoms with Gasteiger partial charge in [-0.2, -0.15) is 4.79 Å². The predicted octanol–water partition coefficient (Wildman–Crippen LogP) is -0.772. The van der Waals surface area contributed by atoms with Gasteiger partial charge in [0.1, 0.15) is 5.75 Å². The van der Waals surface area contributed by atoms with E-state index in [2.05, 4.69) is 0 Å². The van der Waals surface area contributed by atoms with Crippen molar-refractivity contribution in [1.82, 2.24) is 0 Å². The van der Waals surface area contributed by atoms with Gasteiger partial charge >= 0.3 is 6.09 Å². The molecule has 0 saturated heterocycles. The fraction of sp³-hybridized carbons (Fsp3) is 0.0714. The zero-order valence-electron chi connectivity index (χ0n) is 10.2. The van der Waals surface area contributed by atoms with E-state index in [9.17, 15) is 9.59 Å². The summed E-state index contributed by atoms with van der Waals surface area (Å²) in [5, 5.41) is 0. The Kier molecular flexibility index (Phi) is 5.21. The predicted molar refractivity (Wildman–Crippen MR) is 64.5 cm³/mol. The van der Waals surface area contributed by atoms with Gasteiger partial charge in [0.05, 0.1) is 5.56 Å². The Morgan fingerprint density at radius 1 is 1.05 bits per heavy atom. The molecular formula is C14H12ClNO3. The smallest absolute Gasteiger partial charge is 0.607 e. The summed E-state index contributed by atoms with van der Waals surface area (Å²) in [6, 6.07) is 12.0. The van der Waals surface area contributed by atoms with Crippen LogP contribution in [0.5, 0.6) is 5.75 Å². The lowest BCUT2D eigenvalue weighted by molar-refractivity contribution is -0.582. The summed E-state index contributed by atoms with van der Waals surface area (Å²) in [5.41, 5.74) is 0.461. The molecule has 0 bridgehead atoms. The van der Waals surface area contributed by atoms with Crippen molar-refractivity contribution in [3.8, 4) is 5.75 Å². The van der Waals surface area contributed by atoms with Crippen LogP contribution in [0.3, 0.4) is 0 Å². The van der Waals surface area contributed by atoms with Gasteiger partial charge in [0.15, 0.2) is 18.2 Å². The zero-order valence-corrected chi connectivity index (χ0v) is 11.0. The SMILES string of the molecule is CC(=O)c1ccc[n+](C(=O)Oc2ccccc2)c1.[Cl-]. The summed E-state index contributed by atoms with van der Waals surface area (Å²) in [6.07, 6.45) is 2.44. The minimum Gasteiger partial charge on any atom is -1.00 e. The molecule has 0 N–H and O–H groups in total. The van der Waals surface area contributed by atoms with Crippen LogP contribution in [0.15, 0.2) is 54.9 Å². The second-order valence-electron chi connectivity index (χ2n) is 3.74. The minimum atomic E-state index is -0.552. The van der Waals surface area contributed by atoms with Gasteiger partial charge in [-0.05, 0) is 25.1 Å². The van der Waals surface area contributed by atoms with Crippen LogP contribution in [0, 0.1) is 0 Å². The Labute approximate surface area is 117 Å². The summed E-state index contributed by atoms with van der Waals surface area (Å²) < 4.78 is 6.39. The van der Waals surface area contributed by atoms with Gasteiger partial charge in [0.25, 0.3) is 0 Å². The number of aromatic nitrogens is 1. The fourth-order valence-electron chi connectivity index (χ4n) is 1.44. The molecule has 4 nitrogen and oxygen atoms in total. The number of Topliss-reactive ketones (excluding diaryl/α,β-unsaturated/α-hetero) is 1. The third-order valence-electron chi connectivity index (χ3n) is 2.37. The highest BCUT2D eigenvalue weighted by Crippen LogP contribution is 2.08. The molecule has 1 heterocycles. The van der Waals surface area contributed by atoms with Gasteiger partial charge in [0.2, 0.25) is 0 Å². The normalized spacial score (nSPS) is 9.32. The second-order valence-corrected chi connectivity index (χ2v) is 3.74. The van der Waals surface area contributed by atoms with E-state index in [1.807, 2.05) is 6.07 Å². The van der Waals surface area contributed by atoms with Gasteiger partial charge in [-0.1, -0.05) is 22.8 Å². The topological polar surface area (TPSA) is 47.2 Å². The van der Waals surface area contributed by atoms with Crippen LogP contribution >= 0.6 is 0 Å². The van der Waals surface area contributed by atoms with Gasteiger partial charge in [-0.3, -0.25) is 4.79 Å². The number of hydrogen-bond donors (Lipinski definition) is 0. The Bertz CT molecular complexity index is 584. The van der Waals surface area contributed by atoms with Crippen molar-refractivity contribution in [3.63, 3.8) is 0 Å². The number of nitrogens with zero attached hydrogens (tertiary/aromatic N) is 1. The molecule has 2 rings (SSSR count). The number of halogens is 1. The molecule has 0 aliphatic carbocycles. The van der Waals surface area contributed by atoms with Gasteiger partial charge in [-0.15, -0.1) is 0 Å². The summed E-state index contributed by atoms with van der Waals surface area (Å²) in [7, 11) is 0. The van der Waals surface area contributed by atoms with Crippen molar-refractivity contribution in [2.45, 2.75) is 6.92 Å². The fourth-order valence-corrected chi connectivity index (χ4v) is 1.44. The molecule has 0 aliphatic rings. The van der Waals surface area contributed by atoms with Crippen molar-refractivity contribution in [2.75, 3.05) is 0 Å². The van der Waals surface area contributed by atoms with E-state index in [1.54, 1.807) is 36.4 Å². The van der Waals surface area contributed by atoms with Gasteiger partial charge < -0.3 is 17.1 Å². The van der Waals surface area contributed by atoms with Gasteiger partial charge in [0, 0.05) is 6.07 Å².